The van der Waals surface area contributed by atoms with Gasteiger partial charge in [0, 0.05) is 19.4 Å². The van der Waals surface area contributed by atoms with Crippen molar-refractivity contribution in [3.05, 3.63) is 0 Å². The Hall–Kier alpha value is -1.06. The molecule has 0 radical (unpaired) electrons. The molecule has 1 unspecified atom stereocenters. The van der Waals surface area contributed by atoms with Crippen LogP contribution in [-0.2, 0) is 9.59 Å². The molecule has 22 heavy (non-hydrogen) atoms. The maximum Gasteiger partial charge on any atom is 0.303 e. The summed E-state index contributed by atoms with van der Waals surface area (Å²) < 4.78 is 0. The standard InChI is InChI=1S/C18H35NO3/c1-3-5-7-8-12-16(11-6-4-2)15-19-17(20)13-9-10-14-18(21)22/h16H,3-15H2,1-2H3,(H,19,20)(H,21,22). The highest BCUT2D eigenvalue weighted by Gasteiger charge is 2.10. The molecule has 0 saturated carbocycles. The monoisotopic (exact) mass is 313 g/mol. The van der Waals surface area contributed by atoms with Crippen LogP contribution in [0.2, 0.25) is 0 Å². The molecule has 0 bridgehead atoms. The van der Waals surface area contributed by atoms with E-state index in [2.05, 4.69) is 19.2 Å². The number of hydrogen-bond donors (Lipinski definition) is 2. The number of rotatable bonds is 15. The first-order valence-electron chi connectivity index (χ1n) is 9.08. The molecule has 130 valence electrons. The first-order valence-corrected chi connectivity index (χ1v) is 9.08. The van der Waals surface area contributed by atoms with Crippen LogP contribution >= 0.6 is 0 Å². The zero-order valence-electron chi connectivity index (χ0n) is 14.5. The number of amides is 1. The summed E-state index contributed by atoms with van der Waals surface area (Å²) in [6.45, 7) is 5.21. The number of carboxylic acid groups (broad SMARTS) is 1. The molecule has 0 saturated heterocycles. The van der Waals surface area contributed by atoms with E-state index in [1.807, 2.05) is 0 Å². The summed E-state index contributed by atoms with van der Waals surface area (Å²) in [5.41, 5.74) is 0. The lowest BCUT2D eigenvalue weighted by Gasteiger charge is -2.17. The van der Waals surface area contributed by atoms with E-state index in [9.17, 15) is 9.59 Å². The Labute approximate surface area is 136 Å². The zero-order valence-corrected chi connectivity index (χ0v) is 14.5. The van der Waals surface area contributed by atoms with E-state index in [4.69, 9.17) is 5.11 Å². The molecule has 0 aromatic heterocycles. The van der Waals surface area contributed by atoms with E-state index in [1.54, 1.807) is 0 Å². The Bertz CT molecular complexity index is 292. The molecule has 0 rings (SSSR count). The average Bonchev–Trinajstić information content (AvgIpc) is 2.49. The molecular weight excluding hydrogens is 278 g/mol. The minimum absolute atomic E-state index is 0.0699. The van der Waals surface area contributed by atoms with Crippen LogP contribution in [0.5, 0.6) is 0 Å². The lowest BCUT2D eigenvalue weighted by molar-refractivity contribution is -0.137. The summed E-state index contributed by atoms with van der Waals surface area (Å²) in [5.74, 6) is -0.118. The Balaban J connectivity index is 3.83. The Kier molecular flexibility index (Phi) is 14.1. The van der Waals surface area contributed by atoms with Gasteiger partial charge in [-0.15, -0.1) is 0 Å². The maximum atomic E-state index is 11.8. The first kappa shape index (κ1) is 20.9. The molecule has 0 aromatic rings. The van der Waals surface area contributed by atoms with Gasteiger partial charge in [0.25, 0.3) is 0 Å². The van der Waals surface area contributed by atoms with Gasteiger partial charge in [-0.3, -0.25) is 9.59 Å². The number of nitrogens with one attached hydrogen (secondary N) is 1. The Morgan fingerprint density at radius 3 is 2.14 bits per heavy atom. The second-order valence-corrected chi connectivity index (χ2v) is 6.26. The molecule has 0 fully saturated rings. The highest BCUT2D eigenvalue weighted by atomic mass is 16.4. The summed E-state index contributed by atoms with van der Waals surface area (Å²) >= 11 is 0. The molecule has 0 aliphatic carbocycles. The summed E-state index contributed by atoms with van der Waals surface area (Å²) in [6, 6.07) is 0. The first-order chi connectivity index (χ1) is 10.6. The van der Waals surface area contributed by atoms with Gasteiger partial charge in [-0.2, -0.15) is 0 Å². The molecule has 0 spiro atoms. The number of carboxylic acids is 1. The minimum atomic E-state index is -0.785. The van der Waals surface area contributed by atoms with E-state index in [1.165, 1.54) is 51.4 Å². The van der Waals surface area contributed by atoms with Crippen LogP contribution in [0.4, 0.5) is 0 Å². The highest BCUT2D eigenvalue weighted by molar-refractivity contribution is 5.75. The van der Waals surface area contributed by atoms with Crippen molar-refractivity contribution in [2.24, 2.45) is 5.92 Å². The largest absolute Gasteiger partial charge is 0.481 e. The van der Waals surface area contributed by atoms with Gasteiger partial charge >= 0.3 is 5.97 Å². The molecule has 0 aliphatic rings. The summed E-state index contributed by atoms with van der Waals surface area (Å²) in [4.78, 5) is 22.2. The predicted molar refractivity (Wildman–Crippen MR) is 90.9 cm³/mol. The molecule has 0 aliphatic heterocycles. The third-order valence-electron chi connectivity index (χ3n) is 4.06. The van der Waals surface area contributed by atoms with E-state index < -0.39 is 5.97 Å². The number of aliphatic carboxylic acids is 1. The number of hydrogen-bond acceptors (Lipinski definition) is 2. The van der Waals surface area contributed by atoms with Gasteiger partial charge in [0.2, 0.25) is 5.91 Å². The third-order valence-corrected chi connectivity index (χ3v) is 4.06. The average molecular weight is 313 g/mol. The zero-order chi connectivity index (χ0) is 16.6. The smallest absolute Gasteiger partial charge is 0.303 e. The van der Waals surface area contributed by atoms with Crippen molar-refractivity contribution in [2.45, 2.75) is 90.9 Å². The lowest BCUT2D eigenvalue weighted by Crippen LogP contribution is -2.29. The number of unbranched alkanes of at least 4 members (excludes halogenated alkanes) is 5. The van der Waals surface area contributed by atoms with Gasteiger partial charge in [-0.05, 0) is 31.6 Å². The van der Waals surface area contributed by atoms with Gasteiger partial charge in [-0.1, -0.05) is 52.4 Å². The molecule has 1 atom stereocenters. The fourth-order valence-corrected chi connectivity index (χ4v) is 2.61. The molecule has 2 N–H and O–H groups in total. The maximum absolute atomic E-state index is 11.8. The Morgan fingerprint density at radius 1 is 0.864 bits per heavy atom. The van der Waals surface area contributed by atoms with Crippen LogP contribution < -0.4 is 5.32 Å². The van der Waals surface area contributed by atoms with Crippen molar-refractivity contribution in [1.29, 1.82) is 0 Å². The van der Waals surface area contributed by atoms with E-state index >= 15 is 0 Å². The topological polar surface area (TPSA) is 66.4 Å². The van der Waals surface area contributed by atoms with Gasteiger partial charge in [0.15, 0.2) is 0 Å². The fourth-order valence-electron chi connectivity index (χ4n) is 2.61. The van der Waals surface area contributed by atoms with Crippen LogP contribution in [0.25, 0.3) is 0 Å². The van der Waals surface area contributed by atoms with Gasteiger partial charge in [-0.25, -0.2) is 0 Å². The van der Waals surface area contributed by atoms with Crippen LogP contribution in [0, 0.1) is 5.92 Å². The van der Waals surface area contributed by atoms with Crippen LogP contribution in [-0.4, -0.2) is 23.5 Å². The van der Waals surface area contributed by atoms with Crippen LogP contribution in [0.1, 0.15) is 90.9 Å². The van der Waals surface area contributed by atoms with E-state index in [0.29, 0.717) is 25.2 Å². The molecule has 0 aromatic carbocycles. The van der Waals surface area contributed by atoms with Crippen molar-refractivity contribution >= 4 is 11.9 Å². The molecule has 0 heterocycles. The lowest BCUT2D eigenvalue weighted by atomic mass is 9.95. The van der Waals surface area contributed by atoms with Crippen LogP contribution in [0.15, 0.2) is 0 Å². The van der Waals surface area contributed by atoms with Crippen LogP contribution in [0.3, 0.4) is 0 Å². The molecular formula is C18H35NO3. The van der Waals surface area contributed by atoms with Crippen molar-refractivity contribution in [2.75, 3.05) is 6.54 Å². The van der Waals surface area contributed by atoms with Gasteiger partial charge in [0.1, 0.15) is 0 Å². The predicted octanol–water partition coefficient (Wildman–Crippen LogP) is 4.52. The van der Waals surface area contributed by atoms with Crippen molar-refractivity contribution in [1.82, 2.24) is 5.32 Å². The normalized spacial score (nSPS) is 12.1. The number of carbonyl (C=O) groups excluding carboxylic acids is 1. The highest BCUT2D eigenvalue weighted by Crippen LogP contribution is 2.16. The van der Waals surface area contributed by atoms with E-state index in [-0.39, 0.29) is 12.3 Å². The van der Waals surface area contributed by atoms with E-state index in [0.717, 1.165) is 6.54 Å². The molecule has 1 amide bonds. The van der Waals surface area contributed by atoms with Crippen molar-refractivity contribution in [3.63, 3.8) is 0 Å². The molecule has 4 nitrogen and oxygen atoms in total. The summed E-state index contributed by atoms with van der Waals surface area (Å²) in [5, 5.41) is 11.6. The summed E-state index contributed by atoms with van der Waals surface area (Å²) in [7, 11) is 0. The quantitative estimate of drug-likeness (QED) is 0.437. The molecule has 4 heteroatoms. The second-order valence-electron chi connectivity index (χ2n) is 6.26. The fraction of sp³-hybridized carbons (Fsp3) is 0.889. The minimum Gasteiger partial charge on any atom is -0.481 e. The van der Waals surface area contributed by atoms with Crippen molar-refractivity contribution < 1.29 is 14.7 Å². The van der Waals surface area contributed by atoms with Gasteiger partial charge < -0.3 is 10.4 Å². The van der Waals surface area contributed by atoms with Crippen molar-refractivity contribution in [3.8, 4) is 0 Å². The van der Waals surface area contributed by atoms with Gasteiger partial charge in [0.05, 0.1) is 0 Å². The third kappa shape index (κ3) is 13.9. The second kappa shape index (κ2) is 14.9. The summed E-state index contributed by atoms with van der Waals surface area (Å²) in [6.07, 6.45) is 11.8. The Morgan fingerprint density at radius 2 is 1.50 bits per heavy atom. The SMILES string of the molecule is CCCCCCC(CCCC)CNC(=O)CCCCC(=O)O. The number of carbonyl (C=O) groups is 2.